The zero-order valence-electron chi connectivity index (χ0n) is 15.5. The number of benzene rings is 3. The van der Waals surface area contributed by atoms with E-state index >= 15 is 0 Å². The summed E-state index contributed by atoms with van der Waals surface area (Å²) in [6, 6.07) is 20.4. The maximum Gasteiger partial charge on any atom is 0.312 e. The van der Waals surface area contributed by atoms with E-state index in [2.05, 4.69) is 10.6 Å². The van der Waals surface area contributed by atoms with Gasteiger partial charge in [-0.3, -0.25) is 4.79 Å². The Morgan fingerprint density at radius 3 is 2.38 bits per heavy atom. The van der Waals surface area contributed by atoms with Crippen LogP contribution in [0.3, 0.4) is 0 Å². The first-order valence-corrected chi connectivity index (χ1v) is 8.94. The number of hydrogen-bond donors (Lipinski definition) is 3. The van der Waals surface area contributed by atoms with Crippen molar-refractivity contribution in [2.24, 2.45) is 5.73 Å². The highest BCUT2D eigenvalue weighted by Crippen LogP contribution is 2.26. The molecule has 0 fully saturated rings. The lowest BCUT2D eigenvalue weighted by molar-refractivity contribution is -0.116. The number of halogens is 1. The number of primary amides is 1. The molecular formula is C22H20FN3O3. The molecule has 3 rings (SSSR count). The summed E-state index contributed by atoms with van der Waals surface area (Å²) < 4.78 is 19.1. The summed E-state index contributed by atoms with van der Waals surface area (Å²) in [4.78, 5) is 23.9. The molecule has 0 aliphatic heterocycles. The molecule has 0 aliphatic carbocycles. The van der Waals surface area contributed by atoms with Gasteiger partial charge in [-0.15, -0.1) is 0 Å². The van der Waals surface area contributed by atoms with Crippen molar-refractivity contribution in [1.29, 1.82) is 0 Å². The minimum absolute atomic E-state index is 0.0890. The third-order valence-corrected chi connectivity index (χ3v) is 4.05. The number of rotatable bonds is 7. The van der Waals surface area contributed by atoms with E-state index < -0.39 is 23.8 Å². The molecule has 3 aromatic carbocycles. The fraction of sp³-hybridized carbons (Fsp3) is 0.0909. The quantitative estimate of drug-likeness (QED) is 0.557. The summed E-state index contributed by atoms with van der Waals surface area (Å²) in [5.74, 6) is 0.354. The Morgan fingerprint density at radius 2 is 1.66 bits per heavy atom. The molecule has 0 bridgehead atoms. The molecule has 0 saturated carbocycles. The van der Waals surface area contributed by atoms with Gasteiger partial charge in [-0.1, -0.05) is 36.4 Å². The summed E-state index contributed by atoms with van der Waals surface area (Å²) in [7, 11) is 0. The first-order chi connectivity index (χ1) is 14.0. The zero-order chi connectivity index (χ0) is 20.6. The van der Waals surface area contributed by atoms with Gasteiger partial charge in [0.2, 0.25) is 5.91 Å². The van der Waals surface area contributed by atoms with Crippen molar-refractivity contribution in [2.75, 3.05) is 5.32 Å². The number of ether oxygens (including phenoxy) is 1. The number of carbonyl (C=O) groups excluding carboxylic acids is 2. The molecule has 0 saturated heterocycles. The third-order valence-electron chi connectivity index (χ3n) is 4.05. The number of nitrogens with two attached hydrogens (primary N) is 1. The Kier molecular flexibility index (Phi) is 6.42. The van der Waals surface area contributed by atoms with Crippen LogP contribution in [0, 0.1) is 5.82 Å². The summed E-state index contributed by atoms with van der Waals surface area (Å²) >= 11 is 0. The molecule has 0 radical (unpaired) electrons. The number of hydrogen-bond acceptors (Lipinski definition) is 3. The lowest BCUT2D eigenvalue weighted by Gasteiger charge is -2.19. The zero-order valence-corrected chi connectivity index (χ0v) is 15.5. The van der Waals surface area contributed by atoms with Crippen molar-refractivity contribution in [1.82, 2.24) is 5.32 Å². The van der Waals surface area contributed by atoms with E-state index in [1.54, 1.807) is 30.3 Å². The van der Waals surface area contributed by atoms with Crippen LogP contribution in [0.2, 0.25) is 0 Å². The van der Waals surface area contributed by atoms with Gasteiger partial charge in [-0.05, 0) is 48.0 Å². The van der Waals surface area contributed by atoms with E-state index in [-0.39, 0.29) is 6.42 Å². The second-order valence-electron chi connectivity index (χ2n) is 6.31. The highest BCUT2D eigenvalue weighted by atomic mass is 19.1. The molecular weight excluding hydrogens is 373 g/mol. The molecule has 1 atom stereocenters. The van der Waals surface area contributed by atoms with Gasteiger partial charge < -0.3 is 21.1 Å². The number of carbonyl (C=O) groups is 2. The first-order valence-electron chi connectivity index (χ1n) is 8.94. The largest absolute Gasteiger partial charge is 0.457 e. The number of para-hydroxylation sites is 1. The predicted octanol–water partition coefficient (Wildman–Crippen LogP) is 4.36. The Balaban J connectivity index is 1.75. The number of amides is 3. The number of urea groups is 1. The van der Waals surface area contributed by atoms with Crippen LogP contribution in [0.4, 0.5) is 14.9 Å². The van der Waals surface area contributed by atoms with E-state index in [0.29, 0.717) is 22.7 Å². The molecule has 148 valence electrons. The molecule has 3 amide bonds. The van der Waals surface area contributed by atoms with Gasteiger partial charge in [-0.2, -0.15) is 0 Å². The van der Waals surface area contributed by atoms with Gasteiger partial charge in [0.25, 0.3) is 0 Å². The van der Waals surface area contributed by atoms with Crippen LogP contribution < -0.4 is 21.1 Å². The monoisotopic (exact) mass is 393 g/mol. The molecule has 7 heteroatoms. The Labute approximate surface area is 167 Å². The lowest BCUT2D eigenvalue weighted by Crippen LogP contribution is -2.35. The highest BCUT2D eigenvalue weighted by Gasteiger charge is 2.18. The van der Waals surface area contributed by atoms with Crippen molar-refractivity contribution in [3.8, 4) is 11.5 Å². The minimum Gasteiger partial charge on any atom is -0.457 e. The van der Waals surface area contributed by atoms with Crippen molar-refractivity contribution < 1.29 is 18.7 Å². The average Bonchev–Trinajstić information content (AvgIpc) is 2.68. The van der Waals surface area contributed by atoms with Crippen molar-refractivity contribution in [3.63, 3.8) is 0 Å². The van der Waals surface area contributed by atoms with Crippen LogP contribution in [0.25, 0.3) is 0 Å². The van der Waals surface area contributed by atoms with E-state index in [1.165, 1.54) is 18.2 Å². The molecule has 0 unspecified atom stereocenters. The molecule has 6 nitrogen and oxygen atoms in total. The molecule has 3 aromatic rings. The summed E-state index contributed by atoms with van der Waals surface area (Å²) in [5.41, 5.74) is 6.25. The van der Waals surface area contributed by atoms with Gasteiger partial charge >= 0.3 is 6.03 Å². The maximum atomic E-state index is 13.3. The average molecular weight is 393 g/mol. The summed E-state index contributed by atoms with van der Waals surface area (Å²) in [5, 5.41) is 5.17. The second kappa shape index (κ2) is 9.36. The molecule has 29 heavy (non-hydrogen) atoms. The van der Waals surface area contributed by atoms with Crippen LogP contribution in [0.1, 0.15) is 18.0 Å². The molecule has 4 N–H and O–H groups in total. The predicted molar refractivity (Wildman–Crippen MR) is 108 cm³/mol. The number of anilines is 1. The minimum atomic E-state index is -0.761. The van der Waals surface area contributed by atoms with E-state index in [1.807, 2.05) is 30.3 Å². The van der Waals surface area contributed by atoms with E-state index in [4.69, 9.17) is 10.5 Å². The second-order valence-corrected chi connectivity index (χ2v) is 6.31. The Hall–Kier alpha value is -3.87. The molecule has 0 heterocycles. The fourth-order valence-corrected chi connectivity index (χ4v) is 2.81. The Bertz CT molecular complexity index is 995. The topological polar surface area (TPSA) is 93.5 Å². The third kappa shape index (κ3) is 6.07. The van der Waals surface area contributed by atoms with Crippen molar-refractivity contribution in [2.45, 2.75) is 12.5 Å². The SMILES string of the molecule is NC(=O)N[C@H](CC(=O)Nc1cccc(F)c1)c1cccc(Oc2ccccc2)c1. The van der Waals surface area contributed by atoms with Crippen LogP contribution in [0.15, 0.2) is 78.9 Å². The highest BCUT2D eigenvalue weighted by molar-refractivity contribution is 5.91. The lowest BCUT2D eigenvalue weighted by atomic mass is 10.0. The van der Waals surface area contributed by atoms with Crippen LogP contribution in [-0.4, -0.2) is 11.9 Å². The van der Waals surface area contributed by atoms with E-state index in [9.17, 15) is 14.0 Å². The molecule has 0 aromatic heterocycles. The van der Waals surface area contributed by atoms with Crippen molar-refractivity contribution >= 4 is 17.6 Å². The van der Waals surface area contributed by atoms with Crippen LogP contribution in [-0.2, 0) is 4.79 Å². The van der Waals surface area contributed by atoms with Gasteiger partial charge in [0.1, 0.15) is 17.3 Å². The van der Waals surface area contributed by atoms with Crippen LogP contribution >= 0.6 is 0 Å². The van der Waals surface area contributed by atoms with Gasteiger partial charge in [0, 0.05) is 5.69 Å². The van der Waals surface area contributed by atoms with Gasteiger partial charge in [0.05, 0.1) is 12.5 Å². The fourth-order valence-electron chi connectivity index (χ4n) is 2.81. The molecule has 0 aliphatic rings. The summed E-state index contributed by atoms with van der Waals surface area (Å²) in [6.07, 6.45) is -0.0890. The summed E-state index contributed by atoms with van der Waals surface area (Å²) in [6.45, 7) is 0. The molecule has 0 spiro atoms. The Morgan fingerprint density at radius 1 is 0.931 bits per heavy atom. The standard InChI is InChI=1S/C22H20FN3O3/c23-16-7-5-8-17(13-16)25-21(27)14-20(26-22(24)28)15-6-4-11-19(12-15)29-18-9-2-1-3-10-18/h1-13,20H,14H2,(H,25,27)(H3,24,26,28)/t20-/m1/s1. The maximum absolute atomic E-state index is 13.3. The van der Waals surface area contributed by atoms with E-state index in [0.717, 1.165) is 0 Å². The van der Waals surface area contributed by atoms with Crippen LogP contribution in [0.5, 0.6) is 11.5 Å². The van der Waals surface area contributed by atoms with Gasteiger partial charge in [0.15, 0.2) is 0 Å². The van der Waals surface area contributed by atoms with Crippen molar-refractivity contribution in [3.05, 3.63) is 90.2 Å². The normalized spacial score (nSPS) is 11.3. The number of nitrogens with one attached hydrogen (secondary N) is 2. The smallest absolute Gasteiger partial charge is 0.312 e. The van der Waals surface area contributed by atoms with Gasteiger partial charge in [-0.25, -0.2) is 9.18 Å². The first kappa shape index (κ1) is 19.9.